The Bertz CT molecular complexity index is 360. The molecule has 0 saturated heterocycles. The van der Waals surface area contributed by atoms with Crippen molar-refractivity contribution in [1.82, 2.24) is 0 Å². The standard InChI is InChI=1S/C12H18FNO2.ClH/c1-7(2)12(15)11(14)8-4-5-9(13)10(6-8)16-3;/h4-7,11-12,15H,14H2,1-3H3;1H/t11-,12+;/m1./s1. The fraction of sp³-hybridized carbons (Fsp3) is 0.500. The molecule has 0 amide bonds. The molecule has 0 radical (unpaired) electrons. The van der Waals surface area contributed by atoms with Crippen LogP contribution >= 0.6 is 12.4 Å². The van der Waals surface area contributed by atoms with Crippen molar-refractivity contribution < 1.29 is 14.2 Å². The van der Waals surface area contributed by atoms with Crippen molar-refractivity contribution in [1.29, 1.82) is 0 Å². The van der Waals surface area contributed by atoms with E-state index in [-0.39, 0.29) is 24.1 Å². The Morgan fingerprint density at radius 3 is 2.41 bits per heavy atom. The highest BCUT2D eigenvalue weighted by Crippen LogP contribution is 2.25. The van der Waals surface area contributed by atoms with E-state index in [1.807, 2.05) is 13.8 Å². The van der Waals surface area contributed by atoms with Crippen LogP contribution < -0.4 is 10.5 Å². The van der Waals surface area contributed by atoms with Gasteiger partial charge in [-0.1, -0.05) is 19.9 Å². The first kappa shape index (κ1) is 16.2. The molecular weight excluding hydrogens is 245 g/mol. The molecule has 0 aromatic heterocycles. The Morgan fingerprint density at radius 1 is 1.35 bits per heavy atom. The lowest BCUT2D eigenvalue weighted by molar-refractivity contribution is 0.0978. The fourth-order valence-electron chi connectivity index (χ4n) is 1.50. The van der Waals surface area contributed by atoms with Gasteiger partial charge in [-0.15, -0.1) is 12.4 Å². The van der Waals surface area contributed by atoms with Gasteiger partial charge < -0.3 is 15.6 Å². The molecule has 3 nitrogen and oxygen atoms in total. The van der Waals surface area contributed by atoms with Gasteiger partial charge in [0, 0.05) is 0 Å². The number of benzene rings is 1. The SMILES string of the molecule is COc1cc([C@@H](N)[C@@H](O)C(C)C)ccc1F.Cl. The van der Waals surface area contributed by atoms with E-state index in [9.17, 15) is 9.50 Å². The Labute approximate surface area is 107 Å². The van der Waals surface area contributed by atoms with E-state index in [1.165, 1.54) is 19.2 Å². The third kappa shape index (κ3) is 3.84. The van der Waals surface area contributed by atoms with Crippen LogP contribution in [0, 0.1) is 11.7 Å². The minimum Gasteiger partial charge on any atom is -0.494 e. The molecule has 2 atom stereocenters. The molecule has 98 valence electrons. The average Bonchev–Trinajstić information content (AvgIpc) is 2.27. The van der Waals surface area contributed by atoms with Crippen LogP contribution in [-0.4, -0.2) is 18.3 Å². The molecule has 1 rings (SSSR count). The van der Waals surface area contributed by atoms with E-state index in [1.54, 1.807) is 6.07 Å². The number of methoxy groups -OCH3 is 1. The number of rotatable bonds is 4. The van der Waals surface area contributed by atoms with Crippen molar-refractivity contribution in [3.8, 4) is 5.75 Å². The Morgan fingerprint density at radius 2 is 1.94 bits per heavy atom. The van der Waals surface area contributed by atoms with Crippen LogP contribution in [0.5, 0.6) is 5.75 Å². The molecule has 0 heterocycles. The summed E-state index contributed by atoms with van der Waals surface area (Å²) in [6.45, 7) is 3.76. The van der Waals surface area contributed by atoms with Gasteiger partial charge in [-0.05, 0) is 23.6 Å². The summed E-state index contributed by atoms with van der Waals surface area (Å²) in [6, 6.07) is 3.84. The second-order valence-corrected chi connectivity index (χ2v) is 4.15. The summed E-state index contributed by atoms with van der Waals surface area (Å²) in [5.74, 6) is -0.243. The van der Waals surface area contributed by atoms with Crippen LogP contribution in [0.2, 0.25) is 0 Å². The van der Waals surface area contributed by atoms with Gasteiger partial charge in [0.15, 0.2) is 11.6 Å². The maximum Gasteiger partial charge on any atom is 0.165 e. The topological polar surface area (TPSA) is 55.5 Å². The molecular formula is C12H19ClFNO2. The van der Waals surface area contributed by atoms with Crippen molar-refractivity contribution in [2.75, 3.05) is 7.11 Å². The molecule has 17 heavy (non-hydrogen) atoms. The van der Waals surface area contributed by atoms with Crippen molar-refractivity contribution in [2.24, 2.45) is 11.7 Å². The first-order valence-electron chi connectivity index (χ1n) is 5.24. The predicted octanol–water partition coefficient (Wildman–Crippen LogP) is 2.27. The summed E-state index contributed by atoms with van der Waals surface area (Å²) in [5, 5.41) is 9.82. The normalized spacial score (nSPS) is 14.1. The summed E-state index contributed by atoms with van der Waals surface area (Å²) in [7, 11) is 1.40. The molecule has 0 bridgehead atoms. The highest BCUT2D eigenvalue weighted by molar-refractivity contribution is 5.85. The molecule has 0 aliphatic heterocycles. The third-order valence-corrected chi connectivity index (χ3v) is 2.61. The number of nitrogens with two attached hydrogens (primary N) is 1. The van der Waals surface area contributed by atoms with Crippen molar-refractivity contribution in [3.05, 3.63) is 29.6 Å². The minimum atomic E-state index is -0.657. The van der Waals surface area contributed by atoms with Gasteiger partial charge in [0.2, 0.25) is 0 Å². The number of halogens is 2. The van der Waals surface area contributed by atoms with E-state index >= 15 is 0 Å². The van der Waals surface area contributed by atoms with Crippen LogP contribution in [0.4, 0.5) is 4.39 Å². The summed E-state index contributed by atoms with van der Waals surface area (Å²) in [6.07, 6.45) is -0.657. The second-order valence-electron chi connectivity index (χ2n) is 4.15. The summed E-state index contributed by atoms with van der Waals surface area (Å²) in [5.41, 5.74) is 6.55. The maximum absolute atomic E-state index is 13.2. The van der Waals surface area contributed by atoms with Gasteiger partial charge in [0.25, 0.3) is 0 Å². The van der Waals surface area contributed by atoms with Crippen molar-refractivity contribution in [3.63, 3.8) is 0 Å². The van der Waals surface area contributed by atoms with E-state index in [2.05, 4.69) is 0 Å². The first-order valence-corrected chi connectivity index (χ1v) is 5.24. The minimum absolute atomic E-state index is 0. The van der Waals surface area contributed by atoms with E-state index in [0.29, 0.717) is 5.56 Å². The monoisotopic (exact) mass is 263 g/mol. The lowest BCUT2D eigenvalue weighted by atomic mass is 9.94. The zero-order valence-corrected chi connectivity index (χ0v) is 11.0. The molecule has 0 fully saturated rings. The van der Waals surface area contributed by atoms with Crippen LogP contribution in [0.1, 0.15) is 25.5 Å². The molecule has 1 aromatic rings. The Hall–Kier alpha value is -0.840. The Kier molecular flexibility index (Phi) is 6.45. The maximum atomic E-state index is 13.2. The van der Waals surface area contributed by atoms with Crippen LogP contribution in [0.3, 0.4) is 0 Å². The molecule has 0 spiro atoms. The van der Waals surface area contributed by atoms with Crippen molar-refractivity contribution in [2.45, 2.75) is 26.0 Å². The van der Waals surface area contributed by atoms with E-state index < -0.39 is 18.0 Å². The molecule has 5 heteroatoms. The molecule has 0 unspecified atom stereocenters. The van der Waals surface area contributed by atoms with Crippen LogP contribution in [-0.2, 0) is 0 Å². The van der Waals surface area contributed by atoms with E-state index in [4.69, 9.17) is 10.5 Å². The highest BCUT2D eigenvalue weighted by atomic mass is 35.5. The van der Waals surface area contributed by atoms with Gasteiger partial charge in [-0.2, -0.15) is 0 Å². The molecule has 0 aliphatic rings. The second kappa shape index (κ2) is 6.79. The quantitative estimate of drug-likeness (QED) is 0.876. The summed E-state index contributed by atoms with van der Waals surface area (Å²) >= 11 is 0. The van der Waals surface area contributed by atoms with Gasteiger partial charge >= 0.3 is 0 Å². The number of hydrogen-bond donors (Lipinski definition) is 2. The van der Waals surface area contributed by atoms with Crippen LogP contribution in [0.25, 0.3) is 0 Å². The zero-order valence-electron chi connectivity index (χ0n) is 10.2. The number of hydrogen-bond acceptors (Lipinski definition) is 3. The van der Waals surface area contributed by atoms with Gasteiger partial charge in [-0.25, -0.2) is 4.39 Å². The molecule has 3 N–H and O–H groups in total. The summed E-state index contributed by atoms with van der Waals surface area (Å²) < 4.78 is 18.0. The van der Waals surface area contributed by atoms with E-state index in [0.717, 1.165) is 0 Å². The predicted molar refractivity (Wildman–Crippen MR) is 68.0 cm³/mol. The Balaban J connectivity index is 0.00000256. The fourth-order valence-corrected chi connectivity index (χ4v) is 1.50. The molecule has 0 aliphatic carbocycles. The number of ether oxygens (including phenoxy) is 1. The zero-order chi connectivity index (χ0) is 12.3. The average molecular weight is 264 g/mol. The highest BCUT2D eigenvalue weighted by Gasteiger charge is 2.21. The smallest absolute Gasteiger partial charge is 0.165 e. The first-order chi connectivity index (χ1) is 7.47. The molecule has 1 aromatic carbocycles. The number of aliphatic hydroxyl groups excluding tert-OH is 1. The van der Waals surface area contributed by atoms with Gasteiger partial charge in [0.05, 0.1) is 19.3 Å². The van der Waals surface area contributed by atoms with Crippen molar-refractivity contribution >= 4 is 12.4 Å². The lowest BCUT2D eigenvalue weighted by Gasteiger charge is -2.22. The van der Waals surface area contributed by atoms with Crippen LogP contribution in [0.15, 0.2) is 18.2 Å². The number of aliphatic hydroxyl groups is 1. The largest absolute Gasteiger partial charge is 0.494 e. The third-order valence-electron chi connectivity index (χ3n) is 2.61. The molecule has 0 saturated carbocycles. The lowest BCUT2D eigenvalue weighted by Crippen LogP contribution is -2.30. The van der Waals surface area contributed by atoms with Gasteiger partial charge in [0.1, 0.15) is 0 Å². The van der Waals surface area contributed by atoms with Gasteiger partial charge in [-0.3, -0.25) is 0 Å². The summed E-state index contributed by atoms with van der Waals surface area (Å²) in [4.78, 5) is 0.